The molecule has 4 rings (SSSR count). The van der Waals surface area contributed by atoms with Crippen LogP contribution in [0.3, 0.4) is 0 Å². The lowest BCUT2D eigenvalue weighted by molar-refractivity contribution is -0.0573. The fraction of sp³-hybridized carbons (Fsp3) is 0.857. The van der Waals surface area contributed by atoms with Gasteiger partial charge in [-0.25, -0.2) is 10.2 Å². The van der Waals surface area contributed by atoms with Gasteiger partial charge in [0.05, 0.1) is 5.71 Å². The molecule has 180 valence electrons. The van der Waals surface area contributed by atoms with Crippen LogP contribution in [0.4, 0.5) is 4.79 Å². The Morgan fingerprint density at radius 3 is 2.59 bits per heavy atom. The molecule has 2 amide bonds. The lowest BCUT2D eigenvalue weighted by Gasteiger charge is -2.58. The van der Waals surface area contributed by atoms with Crippen LogP contribution in [0.1, 0.15) is 105 Å². The fourth-order valence-corrected chi connectivity index (χ4v) is 8.81. The predicted molar refractivity (Wildman–Crippen MR) is 133 cm³/mol. The van der Waals surface area contributed by atoms with E-state index >= 15 is 0 Å². The van der Waals surface area contributed by atoms with Gasteiger partial charge in [-0.3, -0.25) is 0 Å². The molecule has 4 aliphatic carbocycles. The Hall–Kier alpha value is -1.32. The molecule has 3 N–H and O–H groups in total. The molecule has 0 spiro atoms. The average Bonchev–Trinajstić information content (AvgIpc) is 3.09. The van der Waals surface area contributed by atoms with Gasteiger partial charge in [-0.05, 0) is 104 Å². The highest BCUT2D eigenvalue weighted by Gasteiger charge is 2.59. The van der Waals surface area contributed by atoms with E-state index in [0.29, 0.717) is 10.8 Å². The number of carbonyl (C=O) groups is 1. The summed E-state index contributed by atoms with van der Waals surface area (Å²) in [6.45, 7) is 12.5. The largest absolute Gasteiger partial charge is 0.350 e. The minimum atomic E-state index is -0.575. The van der Waals surface area contributed by atoms with Crippen molar-refractivity contribution in [3.8, 4) is 0 Å². The standard InChI is InChI=1S/C28H47N3O/c1-18(2)7-6-8-19(3)23-11-12-24-22-10-9-20-17-21(30-31-26(29)32)13-15-27(20,4)25(22)14-16-28(23,24)5/h17-19,22-25H,6-16H2,1-5H3,(H3,29,31,32)/b30-21+. The molecule has 3 saturated carbocycles. The second-order valence-corrected chi connectivity index (χ2v) is 12.6. The highest BCUT2D eigenvalue weighted by Crippen LogP contribution is 2.67. The first-order valence-corrected chi connectivity index (χ1v) is 13.5. The van der Waals surface area contributed by atoms with Crippen LogP contribution in [0.25, 0.3) is 0 Å². The molecule has 0 aromatic rings. The van der Waals surface area contributed by atoms with Gasteiger partial charge in [-0.1, -0.05) is 59.5 Å². The third kappa shape index (κ3) is 4.28. The molecule has 0 aromatic heterocycles. The van der Waals surface area contributed by atoms with Gasteiger partial charge < -0.3 is 5.73 Å². The molecule has 3 fully saturated rings. The molecule has 4 aliphatic rings. The van der Waals surface area contributed by atoms with Gasteiger partial charge in [-0.15, -0.1) is 0 Å². The Kier molecular flexibility index (Phi) is 6.81. The molecule has 0 radical (unpaired) electrons. The number of primary amides is 1. The molecular weight excluding hydrogens is 394 g/mol. The molecule has 0 saturated heterocycles. The lowest BCUT2D eigenvalue weighted by Crippen LogP contribution is -2.51. The van der Waals surface area contributed by atoms with Crippen molar-refractivity contribution >= 4 is 11.7 Å². The molecule has 0 aromatic carbocycles. The van der Waals surface area contributed by atoms with Crippen LogP contribution in [0.2, 0.25) is 0 Å². The summed E-state index contributed by atoms with van der Waals surface area (Å²) < 4.78 is 0. The highest BCUT2D eigenvalue weighted by molar-refractivity contribution is 5.97. The lowest BCUT2D eigenvalue weighted by atomic mass is 9.46. The third-order valence-corrected chi connectivity index (χ3v) is 10.5. The monoisotopic (exact) mass is 441 g/mol. The second-order valence-electron chi connectivity index (χ2n) is 12.6. The summed E-state index contributed by atoms with van der Waals surface area (Å²) >= 11 is 0. The number of hydrogen-bond donors (Lipinski definition) is 2. The Labute approximate surface area is 196 Å². The molecule has 4 nitrogen and oxygen atoms in total. The highest BCUT2D eigenvalue weighted by atomic mass is 16.2. The van der Waals surface area contributed by atoms with Gasteiger partial charge in [0, 0.05) is 0 Å². The molecule has 0 aliphatic heterocycles. The zero-order valence-corrected chi connectivity index (χ0v) is 21.3. The van der Waals surface area contributed by atoms with Crippen LogP contribution in [0, 0.1) is 46.3 Å². The summed E-state index contributed by atoms with van der Waals surface area (Å²) in [5.41, 5.74) is 11.1. The Balaban J connectivity index is 1.47. The zero-order chi connectivity index (χ0) is 23.1. The number of rotatable bonds is 6. The maximum atomic E-state index is 11.1. The van der Waals surface area contributed by atoms with Gasteiger partial charge in [0.2, 0.25) is 0 Å². The van der Waals surface area contributed by atoms with Gasteiger partial charge in [0.15, 0.2) is 0 Å². The van der Waals surface area contributed by atoms with Gasteiger partial charge in [0.25, 0.3) is 0 Å². The number of nitrogens with zero attached hydrogens (tertiary/aromatic N) is 1. The number of nitrogens with one attached hydrogen (secondary N) is 1. The van der Waals surface area contributed by atoms with Gasteiger partial charge in [0.1, 0.15) is 0 Å². The van der Waals surface area contributed by atoms with Crippen molar-refractivity contribution in [2.75, 3.05) is 0 Å². The third-order valence-electron chi connectivity index (χ3n) is 10.5. The predicted octanol–water partition coefficient (Wildman–Crippen LogP) is 7.05. The SMILES string of the molecule is CC(C)CCCC(C)C1CCC2C3CCC4=C/C(=N/NC(N)=O)CCC4(C)C3CCC12C. The second kappa shape index (κ2) is 9.14. The molecule has 7 atom stereocenters. The van der Waals surface area contributed by atoms with Crippen LogP contribution in [0.5, 0.6) is 0 Å². The number of fused-ring (bicyclic) bond motifs is 5. The van der Waals surface area contributed by atoms with Crippen LogP contribution in [-0.2, 0) is 0 Å². The first-order chi connectivity index (χ1) is 15.1. The fourth-order valence-electron chi connectivity index (χ4n) is 8.81. The summed E-state index contributed by atoms with van der Waals surface area (Å²) in [6, 6.07) is -0.575. The van der Waals surface area contributed by atoms with E-state index in [4.69, 9.17) is 5.73 Å². The van der Waals surface area contributed by atoms with Crippen LogP contribution in [-0.4, -0.2) is 11.7 Å². The molecule has 7 unspecified atom stereocenters. The summed E-state index contributed by atoms with van der Waals surface area (Å²) in [7, 11) is 0. The summed E-state index contributed by atoms with van der Waals surface area (Å²) in [5, 5.41) is 4.25. The number of allylic oxidation sites excluding steroid dienone is 2. The minimum absolute atomic E-state index is 0.316. The van der Waals surface area contributed by atoms with E-state index in [9.17, 15) is 4.79 Å². The van der Waals surface area contributed by atoms with Crippen LogP contribution < -0.4 is 11.2 Å². The molecule has 0 bridgehead atoms. The number of carbonyl (C=O) groups excluding carboxylic acids is 1. The van der Waals surface area contributed by atoms with E-state index in [0.717, 1.165) is 54.1 Å². The maximum absolute atomic E-state index is 11.1. The zero-order valence-electron chi connectivity index (χ0n) is 21.3. The van der Waals surface area contributed by atoms with E-state index in [1.165, 1.54) is 57.8 Å². The van der Waals surface area contributed by atoms with E-state index in [-0.39, 0.29) is 0 Å². The number of hydrogen-bond acceptors (Lipinski definition) is 2. The van der Waals surface area contributed by atoms with Crippen LogP contribution >= 0.6 is 0 Å². The summed E-state index contributed by atoms with van der Waals surface area (Å²) in [5.74, 6) is 5.27. The summed E-state index contributed by atoms with van der Waals surface area (Å²) in [4.78, 5) is 11.1. The number of amides is 2. The first-order valence-electron chi connectivity index (χ1n) is 13.5. The van der Waals surface area contributed by atoms with Crippen molar-refractivity contribution in [2.24, 2.45) is 57.2 Å². The van der Waals surface area contributed by atoms with Crippen molar-refractivity contribution < 1.29 is 4.79 Å². The molecule has 0 heterocycles. The van der Waals surface area contributed by atoms with E-state index in [1.54, 1.807) is 5.57 Å². The summed E-state index contributed by atoms with van der Waals surface area (Å²) in [6.07, 6.45) is 16.9. The normalized spacial score (nSPS) is 40.9. The van der Waals surface area contributed by atoms with Crippen molar-refractivity contribution in [3.63, 3.8) is 0 Å². The van der Waals surface area contributed by atoms with Gasteiger partial charge in [-0.2, -0.15) is 5.10 Å². The Morgan fingerprint density at radius 2 is 1.88 bits per heavy atom. The van der Waals surface area contributed by atoms with Crippen LogP contribution in [0.15, 0.2) is 16.8 Å². The van der Waals surface area contributed by atoms with E-state index in [2.05, 4.69) is 51.2 Å². The smallest absolute Gasteiger partial charge is 0.332 e. The van der Waals surface area contributed by atoms with Crippen molar-refractivity contribution in [1.29, 1.82) is 0 Å². The average molecular weight is 442 g/mol. The number of urea groups is 1. The quantitative estimate of drug-likeness (QED) is 0.426. The number of nitrogens with two attached hydrogens (primary N) is 1. The Morgan fingerprint density at radius 1 is 1.09 bits per heavy atom. The molecule has 4 heteroatoms. The Bertz CT molecular complexity index is 771. The number of hydrazone groups is 1. The van der Waals surface area contributed by atoms with Crippen molar-refractivity contribution in [1.82, 2.24) is 5.43 Å². The topological polar surface area (TPSA) is 67.5 Å². The molecular formula is C28H47N3O. The van der Waals surface area contributed by atoms with Crippen molar-refractivity contribution in [3.05, 3.63) is 11.6 Å². The van der Waals surface area contributed by atoms with Gasteiger partial charge >= 0.3 is 6.03 Å². The molecule has 32 heavy (non-hydrogen) atoms. The first kappa shape index (κ1) is 23.8. The van der Waals surface area contributed by atoms with Crippen molar-refractivity contribution in [2.45, 2.75) is 105 Å². The van der Waals surface area contributed by atoms with E-state index < -0.39 is 6.03 Å². The van der Waals surface area contributed by atoms with E-state index in [1.807, 2.05) is 0 Å². The minimum Gasteiger partial charge on any atom is -0.350 e. The maximum Gasteiger partial charge on any atom is 0.332 e.